The summed E-state index contributed by atoms with van der Waals surface area (Å²) < 4.78 is 23.8. The molecule has 21 heavy (non-hydrogen) atoms. The van der Waals surface area contributed by atoms with Gasteiger partial charge in [0.1, 0.15) is 17.1 Å². The van der Waals surface area contributed by atoms with E-state index in [2.05, 4.69) is 0 Å². The van der Waals surface area contributed by atoms with Gasteiger partial charge in [0.25, 0.3) is 0 Å². The molecule has 0 aliphatic carbocycles. The molecule has 3 aromatic rings. The zero-order chi connectivity index (χ0) is 15.0. The number of hydrogen-bond donors (Lipinski definition) is 0. The second kappa shape index (κ2) is 5.05. The number of hydrogen-bond acceptors (Lipinski definition) is 3. The van der Waals surface area contributed by atoms with Crippen molar-refractivity contribution >= 4 is 16.8 Å². The third-order valence-electron chi connectivity index (χ3n) is 3.36. The summed E-state index contributed by atoms with van der Waals surface area (Å²) in [4.78, 5) is 12.4. The van der Waals surface area contributed by atoms with Gasteiger partial charge >= 0.3 is 0 Å². The van der Waals surface area contributed by atoms with E-state index in [4.69, 9.17) is 9.15 Å². The maximum Gasteiger partial charge on any atom is 0.228 e. The molecule has 0 saturated carbocycles. The Hall–Kier alpha value is -2.62. The van der Waals surface area contributed by atoms with Gasteiger partial charge in [0.05, 0.1) is 7.11 Å². The van der Waals surface area contributed by atoms with Gasteiger partial charge in [0.2, 0.25) is 5.78 Å². The maximum absolute atomic E-state index is 13.2. The van der Waals surface area contributed by atoms with E-state index in [0.29, 0.717) is 16.5 Å². The summed E-state index contributed by atoms with van der Waals surface area (Å²) in [6.07, 6.45) is 0. The first-order chi connectivity index (χ1) is 10.1. The Morgan fingerprint density at radius 2 is 1.95 bits per heavy atom. The molecular formula is C17H13FO3. The van der Waals surface area contributed by atoms with Gasteiger partial charge in [-0.3, -0.25) is 4.79 Å². The zero-order valence-electron chi connectivity index (χ0n) is 11.6. The van der Waals surface area contributed by atoms with E-state index >= 15 is 0 Å². The Labute approximate surface area is 120 Å². The number of ether oxygens (including phenoxy) is 1. The number of methoxy groups -OCH3 is 1. The van der Waals surface area contributed by atoms with Crippen molar-refractivity contribution in [3.63, 3.8) is 0 Å². The molecule has 0 unspecified atom stereocenters. The van der Waals surface area contributed by atoms with Gasteiger partial charge < -0.3 is 9.15 Å². The molecule has 1 heterocycles. The van der Waals surface area contributed by atoms with Gasteiger partial charge in [-0.15, -0.1) is 0 Å². The smallest absolute Gasteiger partial charge is 0.228 e. The molecule has 0 fully saturated rings. The van der Waals surface area contributed by atoms with Crippen LogP contribution in [0.4, 0.5) is 4.39 Å². The van der Waals surface area contributed by atoms with Crippen LogP contribution in [0.25, 0.3) is 11.0 Å². The standard InChI is InChI=1S/C17H13FO3/c1-10-7-11(3-5-14(10)20-2)17(19)16-9-12-8-13(18)4-6-15(12)21-16/h3-9H,1-2H3. The van der Waals surface area contributed by atoms with Crippen LogP contribution in [0.15, 0.2) is 46.9 Å². The predicted molar refractivity (Wildman–Crippen MR) is 77.3 cm³/mol. The van der Waals surface area contributed by atoms with Crippen molar-refractivity contribution in [1.29, 1.82) is 0 Å². The molecule has 0 bridgehead atoms. The number of furan rings is 1. The van der Waals surface area contributed by atoms with Crippen LogP contribution in [0.3, 0.4) is 0 Å². The molecule has 4 heteroatoms. The summed E-state index contributed by atoms with van der Waals surface area (Å²) in [6.45, 7) is 1.86. The minimum atomic E-state index is -0.359. The van der Waals surface area contributed by atoms with E-state index in [1.807, 2.05) is 6.92 Å². The van der Waals surface area contributed by atoms with Crippen molar-refractivity contribution in [2.75, 3.05) is 7.11 Å². The number of fused-ring (bicyclic) bond motifs is 1. The van der Waals surface area contributed by atoms with E-state index in [0.717, 1.165) is 11.3 Å². The molecular weight excluding hydrogens is 271 g/mol. The molecule has 0 radical (unpaired) electrons. The van der Waals surface area contributed by atoms with E-state index in [1.165, 1.54) is 18.2 Å². The maximum atomic E-state index is 13.2. The fraction of sp³-hybridized carbons (Fsp3) is 0.118. The minimum Gasteiger partial charge on any atom is -0.496 e. The molecule has 0 saturated heterocycles. The summed E-state index contributed by atoms with van der Waals surface area (Å²) in [5, 5.41) is 0.573. The minimum absolute atomic E-state index is 0.195. The summed E-state index contributed by atoms with van der Waals surface area (Å²) >= 11 is 0. The van der Waals surface area contributed by atoms with Crippen LogP contribution >= 0.6 is 0 Å². The van der Waals surface area contributed by atoms with Crippen LogP contribution in [0.2, 0.25) is 0 Å². The number of ketones is 1. The number of benzene rings is 2. The third-order valence-corrected chi connectivity index (χ3v) is 3.36. The predicted octanol–water partition coefficient (Wildman–Crippen LogP) is 4.12. The first kappa shape index (κ1) is 13.4. The quantitative estimate of drug-likeness (QED) is 0.679. The van der Waals surface area contributed by atoms with Crippen molar-refractivity contribution in [2.45, 2.75) is 6.92 Å². The van der Waals surface area contributed by atoms with Crippen molar-refractivity contribution in [3.8, 4) is 5.75 Å². The van der Waals surface area contributed by atoms with Crippen molar-refractivity contribution in [3.05, 3.63) is 65.2 Å². The summed E-state index contributed by atoms with van der Waals surface area (Å²) in [7, 11) is 1.58. The number of carbonyl (C=O) groups excluding carboxylic acids is 1. The van der Waals surface area contributed by atoms with Gasteiger partial charge in [-0.25, -0.2) is 4.39 Å². The lowest BCUT2D eigenvalue weighted by atomic mass is 10.1. The third kappa shape index (κ3) is 2.40. The fourth-order valence-electron chi connectivity index (χ4n) is 2.29. The average Bonchev–Trinajstić information content (AvgIpc) is 2.89. The lowest BCUT2D eigenvalue weighted by Gasteiger charge is -2.05. The van der Waals surface area contributed by atoms with Crippen LogP contribution in [-0.4, -0.2) is 12.9 Å². The molecule has 0 aliphatic heterocycles. The Balaban J connectivity index is 2.01. The zero-order valence-corrected chi connectivity index (χ0v) is 11.6. The van der Waals surface area contributed by atoms with E-state index < -0.39 is 0 Å². The Bertz CT molecular complexity index is 833. The summed E-state index contributed by atoms with van der Waals surface area (Å²) in [6, 6.07) is 10.9. The van der Waals surface area contributed by atoms with Crippen LogP contribution in [0.1, 0.15) is 21.7 Å². The van der Waals surface area contributed by atoms with Gasteiger partial charge in [-0.05, 0) is 55.0 Å². The molecule has 0 N–H and O–H groups in total. The first-order valence-electron chi connectivity index (χ1n) is 6.47. The molecule has 1 aromatic heterocycles. The van der Waals surface area contributed by atoms with E-state index in [-0.39, 0.29) is 17.4 Å². The number of rotatable bonds is 3. The number of carbonyl (C=O) groups is 1. The van der Waals surface area contributed by atoms with Crippen LogP contribution in [-0.2, 0) is 0 Å². The Morgan fingerprint density at radius 3 is 2.67 bits per heavy atom. The van der Waals surface area contributed by atoms with E-state index in [9.17, 15) is 9.18 Å². The highest BCUT2D eigenvalue weighted by atomic mass is 19.1. The fourth-order valence-corrected chi connectivity index (χ4v) is 2.29. The monoisotopic (exact) mass is 284 g/mol. The molecule has 0 atom stereocenters. The molecule has 106 valence electrons. The topological polar surface area (TPSA) is 39.4 Å². The molecule has 0 spiro atoms. The highest BCUT2D eigenvalue weighted by molar-refractivity contribution is 6.09. The molecule has 2 aromatic carbocycles. The summed E-state index contributed by atoms with van der Waals surface area (Å²) in [5.41, 5.74) is 1.86. The van der Waals surface area contributed by atoms with Gasteiger partial charge in [0, 0.05) is 10.9 Å². The van der Waals surface area contributed by atoms with Crippen molar-refractivity contribution < 1.29 is 18.3 Å². The lowest BCUT2D eigenvalue weighted by molar-refractivity contribution is 0.101. The molecule has 0 amide bonds. The van der Waals surface area contributed by atoms with Crippen LogP contribution < -0.4 is 4.74 Å². The van der Waals surface area contributed by atoms with Crippen molar-refractivity contribution in [1.82, 2.24) is 0 Å². The second-order valence-electron chi connectivity index (χ2n) is 4.81. The van der Waals surface area contributed by atoms with Crippen LogP contribution in [0, 0.1) is 12.7 Å². The SMILES string of the molecule is COc1ccc(C(=O)c2cc3cc(F)ccc3o2)cc1C. The highest BCUT2D eigenvalue weighted by Crippen LogP contribution is 2.24. The first-order valence-corrected chi connectivity index (χ1v) is 6.47. The number of halogens is 1. The average molecular weight is 284 g/mol. The highest BCUT2D eigenvalue weighted by Gasteiger charge is 2.16. The molecule has 3 rings (SSSR count). The van der Waals surface area contributed by atoms with E-state index in [1.54, 1.807) is 31.4 Å². The van der Waals surface area contributed by atoms with Gasteiger partial charge in [-0.1, -0.05) is 0 Å². The Kier molecular flexibility index (Phi) is 3.22. The lowest BCUT2D eigenvalue weighted by Crippen LogP contribution is -2.00. The molecule has 3 nitrogen and oxygen atoms in total. The largest absolute Gasteiger partial charge is 0.496 e. The summed E-state index contributed by atoms with van der Waals surface area (Å²) in [5.74, 6) is 0.318. The van der Waals surface area contributed by atoms with Crippen molar-refractivity contribution in [2.24, 2.45) is 0 Å². The molecule has 0 aliphatic rings. The normalized spacial score (nSPS) is 10.8. The number of aryl methyl sites for hydroxylation is 1. The van der Waals surface area contributed by atoms with Gasteiger partial charge in [0.15, 0.2) is 5.76 Å². The second-order valence-corrected chi connectivity index (χ2v) is 4.81. The Morgan fingerprint density at radius 1 is 1.14 bits per heavy atom. The van der Waals surface area contributed by atoms with Gasteiger partial charge in [-0.2, -0.15) is 0 Å². The van der Waals surface area contributed by atoms with Crippen LogP contribution in [0.5, 0.6) is 5.75 Å².